The summed E-state index contributed by atoms with van der Waals surface area (Å²) in [5.41, 5.74) is 1.88. The smallest absolute Gasteiger partial charge is 0.251 e. The number of rotatable bonds is 4. The Bertz CT molecular complexity index is 403. The van der Waals surface area contributed by atoms with Gasteiger partial charge in [0.2, 0.25) is 0 Å². The predicted molar refractivity (Wildman–Crippen MR) is 70.5 cm³/mol. The lowest BCUT2D eigenvalue weighted by atomic mass is 10.1. The summed E-state index contributed by atoms with van der Waals surface area (Å²) in [6, 6.07) is 8.11. The molecule has 0 radical (unpaired) electrons. The molecule has 1 aliphatic rings. The number of ether oxygens (including phenoxy) is 1. The lowest BCUT2D eigenvalue weighted by Gasteiger charge is -2.16. The van der Waals surface area contributed by atoms with Crippen LogP contribution in [0.5, 0.6) is 0 Å². The van der Waals surface area contributed by atoms with Gasteiger partial charge in [-0.05, 0) is 31.0 Å². The molecule has 4 heteroatoms. The Kier molecular flexibility index (Phi) is 4.33. The summed E-state index contributed by atoms with van der Waals surface area (Å²) < 4.78 is 5.50. The van der Waals surface area contributed by atoms with E-state index in [1.54, 1.807) is 7.05 Å². The second-order valence-corrected chi connectivity index (χ2v) is 4.63. The SMILES string of the molecule is CNC(=O)c1ccc(CNC2CCOC2C)cc1. The third-order valence-corrected chi connectivity index (χ3v) is 3.39. The van der Waals surface area contributed by atoms with Gasteiger partial charge < -0.3 is 15.4 Å². The molecule has 98 valence electrons. The van der Waals surface area contributed by atoms with Crippen molar-refractivity contribution in [2.75, 3.05) is 13.7 Å². The van der Waals surface area contributed by atoms with E-state index in [-0.39, 0.29) is 12.0 Å². The topological polar surface area (TPSA) is 50.4 Å². The average molecular weight is 248 g/mol. The number of carbonyl (C=O) groups is 1. The third-order valence-electron chi connectivity index (χ3n) is 3.39. The number of benzene rings is 1. The molecular weight excluding hydrogens is 228 g/mol. The summed E-state index contributed by atoms with van der Waals surface area (Å²) in [4.78, 5) is 11.4. The Morgan fingerprint density at radius 1 is 1.39 bits per heavy atom. The van der Waals surface area contributed by atoms with Gasteiger partial charge in [-0.15, -0.1) is 0 Å². The zero-order valence-corrected chi connectivity index (χ0v) is 10.9. The van der Waals surface area contributed by atoms with E-state index in [1.807, 2.05) is 24.3 Å². The van der Waals surface area contributed by atoms with Gasteiger partial charge in [-0.2, -0.15) is 0 Å². The molecule has 1 aromatic carbocycles. The number of hydrogen-bond acceptors (Lipinski definition) is 3. The highest BCUT2D eigenvalue weighted by molar-refractivity contribution is 5.93. The predicted octanol–water partition coefficient (Wildman–Crippen LogP) is 1.31. The Morgan fingerprint density at radius 2 is 2.11 bits per heavy atom. The van der Waals surface area contributed by atoms with Crippen LogP contribution < -0.4 is 10.6 Å². The standard InChI is InChI=1S/C14H20N2O2/c1-10-13(7-8-18-10)16-9-11-3-5-12(6-4-11)14(17)15-2/h3-6,10,13,16H,7-9H2,1-2H3,(H,15,17). The molecule has 0 aromatic heterocycles. The van der Waals surface area contributed by atoms with E-state index in [4.69, 9.17) is 4.74 Å². The Balaban J connectivity index is 1.88. The monoisotopic (exact) mass is 248 g/mol. The molecule has 0 aliphatic carbocycles. The van der Waals surface area contributed by atoms with E-state index < -0.39 is 0 Å². The van der Waals surface area contributed by atoms with Gasteiger partial charge in [-0.1, -0.05) is 12.1 Å². The normalized spacial score (nSPS) is 23.0. The van der Waals surface area contributed by atoms with Gasteiger partial charge in [0.1, 0.15) is 0 Å². The quantitative estimate of drug-likeness (QED) is 0.844. The molecule has 2 N–H and O–H groups in total. The molecular formula is C14H20N2O2. The molecule has 0 saturated carbocycles. The minimum Gasteiger partial charge on any atom is -0.377 e. The van der Waals surface area contributed by atoms with E-state index in [0.29, 0.717) is 11.6 Å². The zero-order chi connectivity index (χ0) is 13.0. The van der Waals surface area contributed by atoms with Crippen LogP contribution in [0.1, 0.15) is 29.3 Å². The molecule has 2 unspecified atom stereocenters. The molecule has 1 aliphatic heterocycles. The van der Waals surface area contributed by atoms with Crippen LogP contribution in [0.15, 0.2) is 24.3 Å². The van der Waals surface area contributed by atoms with Crippen LogP contribution in [0, 0.1) is 0 Å². The average Bonchev–Trinajstić information content (AvgIpc) is 2.81. The largest absolute Gasteiger partial charge is 0.377 e. The van der Waals surface area contributed by atoms with Gasteiger partial charge in [0.25, 0.3) is 5.91 Å². The second kappa shape index (κ2) is 5.98. The Morgan fingerprint density at radius 3 is 2.67 bits per heavy atom. The van der Waals surface area contributed by atoms with Gasteiger partial charge in [0, 0.05) is 31.8 Å². The van der Waals surface area contributed by atoms with Gasteiger partial charge >= 0.3 is 0 Å². The van der Waals surface area contributed by atoms with Crippen LogP contribution in [0.4, 0.5) is 0 Å². The fraction of sp³-hybridized carbons (Fsp3) is 0.500. The van der Waals surface area contributed by atoms with Crippen molar-refractivity contribution in [2.24, 2.45) is 0 Å². The van der Waals surface area contributed by atoms with Crippen molar-refractivity contribution < 1.29 is 9.53 Å². The van der Waals surface area contributed by atoms with Crippen LogP contribution in [0.3, 0.4) is 0 Å². The first-order valence-corrected chi connectivity index (χ1v) is 6.36. The van der Waals surface area contributed by atoms with Gasteiger partial charge in [0.15, 0.2) is 0 Å². The highest BCUT2D eigenvalue weighted by atomic mass is 16.5. The first kappa shape index (κ1) is 13.1. The minimum atomic E-state index is -0.0488. The van der Waals surface area contributed by atoms with Gasteiger partial charge in [-0.25, -0.2) is 0 Å². The van der Waals surface area contributed by atoms with Crippen molar-refractivity contribution in [2.45, 2.75) is 32.0 Å². The van der Waals surface area contributed by atoms with Crippen LogP contribution in [0.2, 0.25) is 0 Å². The van der Waals surface area contributed by atoms with Gasteiger partial charge in [-0.3, -0.25) is 4.79 Å². The van der Waals surface area contributed by atoms with Crippen molar-refractivity contribution in [3.05, 3.63) is 35.4 Å². The summed E-state index contributed by atoms with van der Waals surface area (Å²) >= 11 is 0. The fourth-order valence-electron chi connectivity index (χ4n) is 2.17. The lowest BCUT2D eigenvalue weighted by molar-refractivity contribution is 0.0963. The molecule has 18 heavy (non-hydrogen) atoms. The summed E-state index contributed by atoms with van der Waals surface area (Å²) in [5.74, 6) is -0.0488. The Labute approximate surface area is 108 Å². The minimum absolute atomic E-state index is 0.0488. The summed E-state index contributed by atoms with van der Waals surface area (Å²) in [6.45, 7) is 3.75. The summed E-state index contributed by atoms with van der Waals surface area (Å²) in [5, 5.41) is 6.10. The first-order chi connectivity index (χ1) is 8.70. The number of nitrogens with one attached hydrogen (secondary N) is 2. The molecule has 1 amide bonds. The van der Waals surface area contributed by atoms with E-state index in [2.05, 4.69) is 17.6 Å². The van der Waals surface area contributed by atoms with Crippen molar-refractivity contribution in [3.63, 3.8) is 0 Å². The van der Waals surface area contributed by atoms with Crippen molar-refractivity contribution in [3.8, 4) is 0 Å². The summed E-state index contributed by atoms with van der Waals surface area (Å²) in [6.07, 6.45) is 1.35. The molecule has 0 bridgehead atoms. The maximum atomic E-state index is 11.4. The van der Waals surface area contributed by atoms with Crippen LogP contribution >= 0.6 is 0 Å². The van der Waals surface area contributed by atoms with Crippen molar-refractivity contribution in [1.29, 1.82) is 0 Å². The molecule has 1 heterocycles. The number of hydrogen-bond donors (Lipinski definition) is 2. The molecule has 1 fully saturated rings. The molecule has 0 spiro atoms. The number of carbonyl (C=O) groups excluding carboxylic acids is 1. The lowest BCUT2D eigenvalue weighted by Crippen LogP contribution is -2.34. The fourth-order valence-corrected chi connectivity index (χ4v) is 2.17. The molecule has 1 saturated heterocycles. The van der Waals surface area contributed by atoms with Crippen LogP contribution in [-0.4, -0.2) is 31.7 Å². The Hall–Kier alpha value is -1.39. The first-order valence-electron chi connectivity index (χ1n) is 6.36. The van der Waals surface area contributed by atoms with E-state index in [9.17, 15) is 4.79 Å². The molecule has 2 rings (SSSR count). The van der Waals surface area contributed by atoms with Gasteiger partial charge in [0.05, 0.1) is 6.10 Å². The molecule has 4 nitrogen and oxygen atoms in total. The summed E-state index contributed by atoms with van der Waals surface area (Å²) in [7, 11) is 1.64. The maximum absolute atomic E-state index is 11.4. The van der Waals surface area contributed by atoms with Crippen LogP contribution in [0.25, 0.3) is 0 Å². The van der Waals surface area contributed by atoms with Crippen molar-refractivity contribution >= 4 is 5.91 Å². The maximum Gasteiger partial charge on any atom is 0.251 e. The molecule has 2 atom stereocenters. The number of amides is 1. The van der Waals surface area contributed by atoms with Crippen molar-refractivity contribution in [1.82, 2.24) is 10.6 Å². The highest BCUT2D eigenvalue weighted by Gasteiger charge is 2.23. The van der Waals surface area contributed by atoms with E-state index in [1.165, 1.54) is 5.56 Å². The highest BCUT2D eigenvalue weighted by Crippen LogP contribution is 2.13. The second-order valence-electron chi connectivity index (χ2n) is 4.63. The van der Waals surface area contributed by atoms with E-state index >= 15 is 0 Å². The third kappa shape index (κ3) is 3.09. The van der Waals surface area contributed by atoms with Crippen LogP contribution in [-0.2, 0) is 11.3 Å². The van der Waals surface area contributed by atoms with E-state index in [0.717, 1.165) is 19.6 Å². The zero-order valence-electron chi connectivity index (χ0n) is 10.9. The molecule has 1 aromatic rings.